The second kappa shape index (κ2) is 7.99. The number of halogens is 1. The Balaban J connectivity index is 1.36. The van der Waals surface area contributed by atoms with E-state index in [9.17, 15) is 19.1 Å². The monoisotopic (exact) mass is 448 g/mol. The first-order chi connectivity index (χ1) is 15.9. The first-order valence-corrected chi connectivity index (χ1v) is 10.5. The molecule has 0 spiro atoms. The molecule has 2 aromatic carbocycles. The molecular formula is C24H21FN4O4. The lowest BCUT2D eigenvalue weighted by atomic mass is 9.95. The number of hydrogen-bond donors (Lipinski definition) is 1. The normalized spacial score (nSPS) is 16.1. The van der Waals surface area contributed by atoms with E-state index in [2.05, 4.69) is 11.0 Å². The third kappa shape index (κ3) is 3.53. The van der Waals surface area contributed by atoms with Gasteiger partial charge in [0, 0.05) is 31.3 Å². The zero-order valence-electron chi connectivity index (χ0n) is 17.9. The predicted molar refractivity (Wildman–Crippen MR) is 116 cm³/mol. The number of β-amino-alcohol motifs (C(OH)–C–C–N with tert-alkyl or cyclic N) is 1. The molecular weight excluding hydrogens is 427 g/mol. The minimum absolute atomic E-state index is 0.119. The second-order valence-corrected chi connectivity index (χ2v) is 8.20. The number of nitrogens with zero attached hydrogens (tertiary/aromatic N) is 4. The number of hydrogen-bond acceptors (Lipinski definition) is 6. The number of ether oxygens (including phenoxy) is 1. The summed E-state index contributed by atoms with van der Waals surface area (Å²) in [7, 11) is 0. The van der Waals surface area contributed by atoms with Gasteiger partial charge < -0.3 is 9.84 Å². The number of aliphatic hydroxyl groups excluding tert-OH is 1. The Hall–Kier alpha value is -3.74. The van der Waals surface area contributed by atoms with Crippen LogP contribution < -0.4 is 5.69 Å². The first-order valence-electron chi connectivity index (χ1n) is 10.5. The number of benzene rings is 2. The molecule has 0 bridgehead atoms. The Morgan fingerprint density at radius 3 is 2.85 bits per heavy atom. The van der Waals surface area contributed by atoms with Crippen LogP contribution in [0.2, 0.25) is 0 Å². The molecule has 8 nitrogen and oxygen atoms in total. The molecule has 0 saturated heterocycles. The quantitative estimate of drug-likeness (QED) is 0.483. The van der Waals surface area contributed by atoms with Crippen molar-refractivity contribution in [3.63, 3.8) is 0 Å². The maximum atomic E-state index is 14.1. The molecule has 3 heterocycles. The first kappa shape index (κ1) is 21.1. The fraction of sp³-hybridized carbons (Fsp3) is 0.292. The van der Waals surface area contributed by atoms with Crippen LogP contribution in [0, 0.1) is 25.1 Å². The molecule has 9 heteroatoms. The van der Waals surface area contributed by atoms with Crippen LogP contribution in [0.25, 0.3) is 5.69 Å². The van der Waals surface area contributed by atoms with Crippen molar-refractivity contribution in [1.29, 1.82) is 0 Å². The summed E-state index contributed by atoms with van der Waals surface area (Å²) in [6.07, 6.45) is 4.48. The number of carbonyl (C=O) groups is 1. The topological polar surface area (TPSA) is 89.6 Å². The molecule has 2 aliphatic heterocycles. The maximum Gasteiger partial charge on any atom is 0.350 e. The highest BCUT2D eigenvalue weighted by atomic mass is 19.1. The molecule has 1 N–H and O–H groups in total. The van der Waals surface area contributed by atoms with Gasteiger partial charge in [-0.2, -0.15) is 4.68 Å². The van der Waals surface area contributed by atoms with Gasteiger partial charge in [0.1, 0.15) is 18.2 Å². The van der Waals surface area contributed by atoms with Crippen LogP contribution in [-0.4, -0.2) is 43.4 Å². The number of cyclic esters (lactones) is 1. The van der Waals surface area contributed by atoms with Crippen molar-refractivity contribution < 1.29 is 19.0 Å². The van der Waals surface area contributed by atoms with Crippen molar-refractivity contribution in [2.75, 3.05) is 13.1 Å². The van der Waals surface area contributed by atoms with Gasteiger partial charge in [0.25, 0.3) is 0 Å². The van der Waals surface area contributed by atoms with Crippen molar-refractivity contribution in [2.45, 2.75) is 32.7 Å². The van der Waals surface area contributed by atoms with Gasteiger partial charge >= 0.3 is 11.7 Å². The van der Waals surface area contributed by atoms with Crippen LogP contribution in [0.1, 0.15) is 44.5 Å². The molecule has 0 fully saturated rings. The molecule has 1 unspecified atom stereocenters. The van der Waals surface area contributed by atoms with Crippen molar-refractivity contribution in [3.05, 3.63) is 80.3 Å². The van der Waals surface area contributed by atoms with E-state index in [0.29, 0.717) is 43.3 Å². The van der Waals surface area contributed by atoms with E-state index in [1.54, 1.807) is 22.8 Å². The molecule has 5 rings (SSSR count). The van der Waals surface area contributed by atoms with E-state index in [4.69, 9.17) is 11.2 Å². The third-order valence-corrected chi connectivity index (χ3v) is 6.29. The minimum Gasteiger partial charge on any atom is -0.457 e. The van der Waals surface area contributed by atoms with E-state index in [0.717, 1.165) is 16.7 Å². The van der Waals surface area contributed by atoms with Crippen molar-refractivity contribution in [1.82, 2.24) is 19.2 Å². The molecule has 168 valence electrons. The Morgan fingerprint density at radius 2 is 2.09 bits per heavy atom. The molecule has 0 aliphatic carbocycles. The Bertz CT molecular complexity index is 1380. The lowest BCUT2D eigenvalue weighted by Crippen LogP contribution is -2.39. The predicted octanol–water partition coefficient (Wildman–Crippen LogP) is 1.68. The largest absolute Gasteiger partial charge is 0.457 e. The number of aliphatic hydroxyl groups is 1. The van der Waals surface area contributed by atoms with Gasteiger partial charge in [-0.25, -0.2) is 14.0 Å². The van der Waals surface area contributed by atoms with E-state index < -0.39 is 11.9 Å². The van der Waals surface area contributed by atoms with Gasteiger partial charge in [0.15, 0.2) is 0 Å². The van der Waals surface area contributed by atoms with Gasteiger partial charge in [-0.3, -0.25) is 9.47 Å². The molecule has 1 atom stereocenters. The standard InChI is InChI=1S/C24H21FN4O4/c1-3-15-4-5-16(10-20(15)25)29-24(32)28-9-8-27(12-22(28)26-29)11-21(30)17-6-7-18-19(14(17)2)13-33-23(18)31/h1,4-7,10,21,30H,8-9,11-13H2,2H3. The Morgan fingerprint density at radius 1 is 1.27 bits per heavy atom. The summed E-state index contributed by atoms with van der Waals surface area (Å²) >= 11 is 0. The number of terminal acetylenes is 1. The average Bonchev–Trinajstić information content (AvgIpc) is 3.34. The van der Waals surface area contributed by atoms with Gasteiger partial charge in [-0.15, -0.1) is 11.5 Å². The summed E-state index contributed by atoms with van der Waals surface area (Å²) in [5.74, 6) is 1.86. The third-order valence-electron chi connectivity index (χ3n) is 6.29. The number of aromatic nitrogens is 3. The zero-order valence-corrected chi connectivity index (χ0v) is 17.9. The second-order valence-electron chi connectivity index (χ2n) is 8.20. The summed E-state index contributed by atoms with van der Waals surface area (Å²) in [4.78, 5) is 26.6. The number of rotatable bonds is 4. The highest BCUT2D eigenvalue weighted by Crippen LogP contribution is 2.29. The van der Waals surface area contributed by atoms with Crippen molar-refractivity contribution in [3.8, 4) is 18.0 Å². The highest BCUT2D eigenvalue weighted by molar-refractivity contribution is 5.93. The molecule has 33 heavy (non-hydrogen) atoms. The summed E-state index contributed by atoms with van der Waals surface area (Å²) in [5, 5.41) is 15.3. The summed E-state index contributed by atoms with van der Waals surface area (Å²) in [5.41, 5.74) is 3.01. The summed E-state index contributed by atoms with van der Waals surface area (Å²) in [6.45, 7) is 3.73. The Labute approximate surface area is 188 Å². The van der Waals surface area contributed by atoms with Crippen LogP contribution in [0.5, 0.6) is 0 Å². The van der Waals surface area contributed by atoms with E-state index >= 15 is 0 Å². The van der Waals surface area contributed by atoms with Crippen LogP contribution in [-0.2, 0) is 24.4 Å². The SMILES string of the molecule is C#Cc1ccc(-n2nc3n(c2=O)CCN(CC(O)c2ccc4c(c2C)COC4=O)C3)cc1F. The van der Waals surface area contributed by atoms with Crippen molar-refractivity contribution >= 4 is 5.97 Å². The van der Waals surface area contributed by atoms with Crippen molar-refractivity contribution in [2.24, 2.45) is 0 Å². The van der Waals surface area contributed by atoms with Crippen LogP contribution in [0.3, 0.4) is 0 Å². The van der Waals surface area contributed by atoms with Crippen LogP contribution in [0.15, 0.2) is 35.1 Å². The minimum atomic E-state index is -0.781. The van der Waals surface area contributed by atoms with Gasteiger partial charge in [0.2, 0.25) is 0 Å². The van der Waals surface area contributed by atoms with Gasteiger partial charge in [0.05, 0.1) is 29.5 Å². The smallest absolute Gasteiger partial charge is 0.350 e. The summed E-state index contributed by atoms with van der Waals surface area (Å²) in [6, 6.07) is 7.65. The lowest BCUT2D eigenvalue weighted by molar-refractivity contribution is 0.0535. The lowest BCUT2D eigenvalue weighted by Gasteiger charge is -2.29. The van der Waals surface area contributed by atoms with E-state index in [1.165, 1.54) is 16.8 Å². The maximum absolute atomic E-state index is 14.1. The zero-order chi connectivity index (χ0) is 23.3. The molecule has 0 saturated carbocycles. The van der Waals surface area contributed by atoms with Crippen LogP contribution in [0.4, 0.5) is 4.39 Å². The molecule has 2 aliphatic rings. The average molecular weight is 448 g/mol. The van der Waals surface area contributed by atoms with E-state index in [-0.39, 0.29) is 23.8 Å². The highest BCUT2D eigenvalue weighted by Gasteiger charge is 2.28. The summed E-state index contributed by atoms with van der Waals surface area (Å²) < 4.78 is 21.9. The number of fused-ring (bicyclic) bond motifs is 2. The number of carbonyl (C=O) groups excluding carboxylic acids is 1. The fourth-order valence-electron chi connectivity index (χ4n) is 4.45. The molecule has 1 aromatic heterocycles. The Kier molecular flexibility index (Phi) is 5.12. The molecule has 3 aromatic rings. The fourth-order valence-corrected chi connectivity index (χ4v) is 4.45. The van der Waals surface area contributed by atoms with Gasteiger partial charge in [-0.1, -0.05) is 12.0 Å². The molecule has 0 amide bonds. The van der Waals surface area contributed by atoms with E-state index in [1.807, 2.05) is 11.8 Å². The van der Waals surface area contributed by atoms with Gasteiger partial charge in [-0.05, 0) is 36.2 Å². The number of esters is 1. The molecule has 0 radical (unpaired) electrons. The van der Waals surface area contributed by atoms with Crippen LogP contribution >= 0.6 is 0 Å².